The minimum Gasteiger partial charge on any atom is -0.494 e. The van der Waals surface area contributed by atoms with Crippen LogP contribution >= 0.6 is 11.3 Å². The van der Waals surface area contributed by atoms with Crippen molar-refractivity contribution in [3.05, 3.63) is 70.7 Å². The standard InChI is InChI=1S/C23H25N3O3S/c1-3-28-19-10-6-18(7-11-19)26-13-21(14-26)29-20-8-4-17(5-9-20)16(2)25-23(27)22-12-24-15-30-22/h4-12,15-16,21H,3,13-14H2,1-2H3,(H,25,27)/t16-/m0/s1. The predicted octanol–water partition coefficient (Wildman–Crippen LogP) is 4.30. The first-order valence-electron chi connectivity index (χ1n) is 10.1. The Bertz CT molecular complexity index is 952. The summed E-state index contributed by atoms with van der Waals surface area (Å²) in [6.07, 6.45) is 1.75. The van der Waals surface area contributed by atoms with Gasteiger partial charge in [0.25, 0.3) is 5.91 Å². The summed E-state index contributed by atoms with van der Waals surface area (Å²) in [6.45, 7) is 6.34. The highest BCUT2D eigenvalue weighted by Gasteiger charge is 2.28. The van der Waals surface area contributed by atoms with E-state index in [1.54, 1.807) is 11.7 Å². The number of carbonyl (C=O) groups excluding carboxylic acids is 1. The van der Waals surface area contributed by atoms with Gasteiger partial charge in [-0.2, -0.15) is 0 Å². The van der Waals surface area contributed by atoms with Gasteiger partial charge < -0.3 is 19.7 Å². The monoisotopic (exact) mass is 423 g/mol. The van der Waals surface area contributed by atoms with Crippen LogP contribution in [0.4, 0.5) is 5.69 Å². The maximum absolute atomic E-state index is 12.2. The summed E-state index contributed by atoms with van der Waals surface area (Å²) in [7, 11) is 0. The van der Waals surface area contributed by atoms with Crippen LogP contribution in [0.3, 0.4) is 0 Å². The summed E-state index contributed by atoms with van der Waals surface area (Å²) < 4.78 is 11.6. The average Bonchev–Trinajstić information content (AvgIpc) is 3.27. The van der Waals surface area contributed by atoms with Gasteiger partial charge in [-0.25, -0.2) is 0 Å². The Hall–Kier alpha value is -3.06. The number of amides is 1. The van der Waals surface area contributed by atoms with Crippen molar-refractivity contribution < 1.29 is 14.3 Å². The minimum atomic E-state index is -0.103. The third-order valence-corrected chi connectivity index (χ3v) is 5.82. The van der Waals surface area contributed by atoms with Crippen LogP contribution in [0.1, 0.15) is 35.1 Å². The lowest BCUT2D eigenvalue weighted by molar-refractivity contribution is 0.0944. The second-order valence-electron chi connectivity index (χ2n) is 7.20. The van der Waals surface area contributed by atoms with Crippen LogP contribution in [0, 0.1) is 0 Å². The van der Waals surface area contributed by atoms with Crippen molar-refractivity contribution in [3.63, 3.8) is 0 Å². The van der Waals surface area contributed by atoms with Crippen LogP contribution in [-0.4, -0.2) is 36.7 Å². The fraction of sp³-hybridized carbons (Fsp3) is 0.304. The minimum absolute atomic E-state index is 0.0903. The fourth-order valence-electron chi connectivity index (χ4n) is 3.35. The number of aromatic nitrogens is 1. The van der Waals surface area contributed by atoms with Gasteiger partial charge >= 0.3 is 0 Å². The van der Waals surface area contributed by atoms with Gasteiger partial charge in [0.15, 0.2) is 0 Å². The number of rotatable bonds is 8. The number of nitrogens with zero attached hydrogens (tertiary/aromatic N) is 2. The Morgan fingerprint density at radius 1 is 1.17 bits per heavy atom. The zero-order chi connectivity index (χ0) is 20.9. The molecule has 4 rings (SSSR count). The molecule has 0 unspecified atom stereocenters. The van der Waals surface area contributed by atoms with Crippen LogP contribution in [-0.2, 0) is 0 Å². The number of benzene rings is 2. The molecule has 0 radical (unpaired) electrons. The van der Waals surface area contributed by atoms with Gasteiger partial charge in [0.05, 0.1) is 37.4 Å². The summed E-state index contributed by atoms with van der Waals surface area (Å²) in [5.74, 6) is 1.64. The number of nitrogens with one attached hydrogen (secondary N) is 1. The molecule has 0 bridgehead atoms. The van der Waals surface area contributed by atoms with Crippen LogP contribution < -0.4 is 19.7 Å². The highest BCUT2D eigenvalue weighted by Crippen LogP contribution is 2.27. The van der Waals surface area contributed by atoms with Gasteiger partial charge in [-0.05, 0) is 55.8 Å². The van der Waals surface area contributed by atoms with E-state index in [9.17, 15) is 4.79 Å². The Balaban J connectivity index is 1.26. The molecule has 1 amide bonds. The molecule has 2 aromatic carbocycles. The molecule has 0 aliphatic carbocycles. The van der Waals surface area contributed by atoms with Crippen LogP contribution in [0.5, 0.6) is 11.5 Å². The Morgan fingerprint density at radius 2 is 1.87 bits per heavy atom. The number of ether oxygens (including phenoxy) is 2. The highest BCUT2D eigenvalue weighted by atomic mass is 32.1. The molecule has 1 atom stereocenters. The van der Waals surface area contributed by atoms with Gasteiger partial charge in [-0.1, -0.05) is 12.1 Å². The van der Waals surface area contributed by atoms with Gasteiger partial charge in [0.2, 0.25) is 0 Å². The first kappa shape index (κ1) is 20.2. The Morgan fingerprint density at radius 3 is 2.50 bits per heavy atom. The summed E-state index contributed by atoms with van der Waals surface area (Å²) in [5.41, 5.74) is 3.87. The normalized spacial score (nSPS) is 14.7. The fourth-order valence-corrected chi connectivity index (χ4v) is 3.87. The second-order valence-corrected chi connectivity index (χ2v) is 8.09. The van der Waals surface area contributed by atoms with E-state index in [4.69, 9.17) is 9.47 Å². The lowest BCUT2D eigenvalue weighted by Gasteiger charge is -2.40. The maximum Gasteiger partial charge on any atom is 0.263 e. The summed E-state index contributed by atoms with van der Waals surface area (Å²) in [5, 5.41) is 2.99. The first-order chi connectivity index (χ1) is 14.6. The molecular formula is C23H25N3O3S. The van der Waals surface area contributed by atoms with E-state index < -0.39 is 0 Å². The molecule has 1 aromatic heterocycles. The zero-order valence-corrected chi connectivity index (χ0v) is 17.9. The zero-order valence-electron chi connectivity index (χ0n) is 17.1. The average molecular weight is 424 g/mol. The summed E-state index contributed by atoms with van der Waals surface area (Å²) in [6, 6.07) is 16.0. The smallest absolute Gasteiger partial charge is 0.263 e. The number of anilines is 1. The SMILES string of the molecule is CCOc1ccc(N2CC(Oc3ccc([C@H](C)NC(=O)c4cncs4)cc3)C2)cc1. The van der Waals surface area contributed by atoms with E-state index in [0.717, 1.165) is 30.2 Å². The summed E-state index contributed by atoms with van der Waals surface area (Å²) in [4.78, 5) is 19.0. The van der Waals surface area contributed by atoms with Gasteiger partial charge in [0, 0.05) is 5.69 Å². The van der Waals surface area contributed by atoms with E-state index in [2.05, 4.69) is 27.3 Å². The molecule has 1 aliphatic heterocycles. The molecule has 1 fully saturated rings. The predicted molar refractivity (Wildman–Crippen MR) is 119 cm³/mol. The molecule has 1 saturated heterocycles. The van der Waals surface area contributed by atoms with Crippen molar-refractivity contribution in [3.8, 4) is 11.5 Å². The van der Waals surface area contributed by atoms with Crippen LogP contribution in [0.2, 0.25) is 0 Å². The molecule has 30 heavy (non-hydrogen) atoms. The molecule has 0 spiro atoms. The van der Waals surface area contributed by atoms with Crippen molar-refractivity contribution in [2.24, 2.45) is 0 Å². The molecular weight excluding hydrogens is 398 g/mol. The maximum atomic E-state index is 12.2. The molecule has 1 aliphatic rings. The Kier molecular flexibility index (Phi) is 6.18. The largest absolute Gasteiger partial charge is 0.494 e. The van der Waals surface area contributed by atoms with Gasteiger partial charge in [-0.15, -0.1) is 11.3 Å². The van der Waals surface area contributed by atoms with Crippen molar-refractivity contribution >= 4 is 22.9 Å². The number of carbonyl (C=O) groups is 1. The van der Waals surface area contributed by atoms with Gasteiger partial charge in [-0.3, -0.25) is 9.78 Å². The van der Waals surface area contributed by atoms with E-state index >= 15 is 0 Å². The second kappa shape index (κ2) is 9.17. The third kappa shape index (κ3) is 4.74. The van der Waals surface area contributed by atoms with Crippen LogP contribution in [0.25, 0.3) is 0 Å². The molecule has 7 heteroatoms. The lowest BCUT2D eigenvalue weighted by atomic mass is 10.1. The quantitative estimate of drug-likeness (QED) is 0.585. The summed E-state index contributed by atoms with van der Waals surface area (Å²) >= 11 is 1.33. The highest BCUT2D eigenvalue weighted by molar-refractivity contribution is 7.11. The van der Waals surface area contributed by atoms with E-state index in [-0.39, 0.29) is 18.1 Å². The van der Waals surface area contributed by atoms with Crippen molar-refractivity contribution in [1.29, 1.82) is 0 Å². The number of thiazole rings is 1. The van der Waals surface area contributed by atoms with Crippen molar-refractivity contribution in [2.75, 3.05) is 24.6 Å². The first-order valence-corrected chi connectivity index (χ1v) is 10.9. The Labute approximate surface area is 180 Å². The molecule has 2 heterocycles. The van der Waals surface area contributed by atoms with Crippen molar-refractivity contribution in [2.45, 2.75) is 26.0 Å². The van der Waals surface area contributed by atoms with E-state index in [1.807, 2.05) is 50.2 Å². The molecule has 3 aromatic rings. The molecule has 6 nitrogen and oxygen atoms in total. The van der Waals surface area contributed by atoms with Gasteiger partial charge in [0.1, 0.15) is 22.5 Å². The lowest BCUT2D eigenvalue weighted by Crippen LogP contribution is -2.54. The number of hydrogen-bond donors (Lipinski definition) is 1. The molecule has 156 valence electrons. The van der Waals surface area contributed by atoms with E-state index in [0.29, 0.717) is 11.5 Å². The third-order valence-electron chi connectivity index (χ3n) is 5.05. The topological polar surface area (TPSA) is 63.7 Å². The number of hydrogen-bond acceptors (Lipinski definition) is 6. The van der Waals surface area contributed by atoms with Crippen molar-refractivity contribution in [1.82, 2.24) is 10.3 Å². The van der Waals surface area contributed by atoms with E-state index in [1.165, 1.54) is 17.0 Å². The molecule has 1 N–H and O–H groups in total. The van der Waals surface area contributed by atoms with Crippen LogP contribution in [0.15, 0.2) is 60.2 Å². The molecule has 0 saturated carbocycles.